The molecule has 140 valence electrons. The van der Waals surface area contributed by atoms with Gasteiger partial charge < -0.3 is 5.32 Å². The van der Waals surface area contributed by atoms with E-state index in [0.717, 1.165) is 11.3 Å². The third kappa shape index (κ3) is 5.04. The smallest absolute Gasteiger partial charge is 0.261 e. The molecule has 7 heteroatoms. The molecule has 0 spiro atoms. The lowest BCUT2D eigenvalue weighted by Crippen LogP contribution is -2.13. The first-order valence-corrected chi connectivity index (χ1v) is 10.1. The number of benzene rings is 1. The molecule has 2 N–H and O–H groups in total. The molecule has 0 fully saturated rings. The highest BCUT2D eigenvalue weighted by atomic mass is 32.2. The van der Waals surface area contributed by atoms with E-state index in [1.165, 1.54) is 6.20 Å². The van der Waals surface area contributed by atoms with Crippen molar-refractivity contribution < 1.29 is 8.42 Å². The minimum absolute atomic E-state index is 0.226. The highest BCUT2D eigenvalue weighted by Gasteiger charge is 2.14. The number of hydrogen-bond acceptors (Lipinski definition) is 5. The Morgan fingerprint density at radius 1 is 0.963 bits per heavy atom. The first-order valence-electron chi connectivity index (χ1n) is 8.67. The minimum Gasteiger partial charge on any atom is -0.364 e. The molecule has 2 heterocycles. The van der Waals surface area contributed by atoms with Crippen LogP contribution in [0.15, 0.2) is 71.9 Å². The highest BCUT2D eigenvalue weighted by molar-refractivity contribution is 7.92. The third-order valence-electron chi connectivity index (χ3n) is 4.05. The quantitative estimate of drug-likeness (QED) is 0.645. The molecule has 0 aliphatic rings. The molecule has 0 saturated heterocycles. The minimum atomic E-state index is -3.64. The van der Waals surface area contributed by atoms with Crippen LogP contribution in [0, 0.1) is 0 Å². The second-order valence-corrected chi connectivity index (χ2v) is 8.12. The van der Waals surface area contributed by atoms with Gasteiger partial charge in [0.05, 0.1) is 29.0 Å². The Hall–Kier alpha value is -2.93. The van der Waals surface area contributed by atoms with Crippen LogP contribution in [-0.4, -0.2) is 18.4 Å². The summed E-state index contributed by atoms with van der Waals surface area (Å²) >= 11 is 0. The number of anilines is 2. The molecule has 0 unspecified atom stereocenters. The molecule has 0 aliphatic carbocycles. The average Bonchev–Trinajstić information content (AvgIpc) is 2.68. The maximum Gasteiger partial charge on any atom is 0.261 e. The van der Waals surface area contributed by atoms with E-state index in [2.05, 4.69) is 33.9 Å². The number of rotatable bonds is 7. The van der Waals surface area contributed by atoms with Gasteiger partial charge in [0.1, 0.15) is 5.82 Å². The fraction of sp³-hybridized carbons (Fsp3) is 0.200. The molecule has 0 saturated carbocycles. The summed E-state index contributed by atoms with van der Waals surface area (Å²) in [5.74, 6) is 0.995. The Balaban J connectivity index is 1.64. The summed E-state index contributed by atoms with van der Waals surface area (Å²) < 4.78 is 27.6. The zero-order valence-electron chi connectivity index (χ0n) is 15.3. The van der Waals surface area contributed by atoms with Gasteiger partial charge >= 0.3 is 0 Å². The SMILES string of the molecule is CC(C)c1ccc(S(=O)(=O)Nc2ccc(NCc3ccccn3)nc2)cc1. The molecular formula is C20H22N4O2S. The number of pyridine rings is 2. The van der Waals surface area contributed by atoms with Crippen molar-refractivity contribution in [3.05, 3.63) is 78.2 Å². The van der Waals surface area contributed by atoms with Crippen molar-refractivity contribution in [2.75, 3.05) is 10.0 Å². The standard InChI is InChI=1S/C20H22N4O2S/c1-15(2)16-6-9-19(10-7-16)27(25,26)24-18-8-11-20(23-14-18)22-13-17-5-3-4-12-21-17/h3-12,14-15,24H,13H2,1-2H3,(H,22,23). The maximum absolute atomic E-state index is 12.5. The summed E-state index contributed by atoms with van der Waals surface area (Å²) in [4.78, 5) is 8.70. The first kappa shape index (κ1) is 18.8. The summed E-state index contributed by atoms with van der Waals surface area (Å²) in [5.41, 5.74) is 2.40. The van der Waals surface area contributed by atoms with Crippen LogP contribution in [0.1, 0.15) is 31.0 Å². The van der Waals surface area contributed by atoms with E-state index in [-0.39, 0.29) is 4.90 Å². The normalized spacial score (nSPS) is 11.4. The number of nitrogens with one attached hydrogen (secondary N) is 2. The molecule has 3 rings (SSSR count). The largest absolute Gasteiger partial charge is 0.364 e. The Bertz CT molecular complexity index is 971. The van der Waals surface area contributed by atoms with Crippen molar-refractivity contribution in [1.82, 2.24) is 9.97 Å². The van der Waals surface area contributed by atoms with Crippen molar-refractivity contribution in [1.29, 1.82) is 0 Å². The molecule has 27 heavy (non-hydrogen) atoms. The third-order valence-corrected chi connectivity index (χ3v) is 5.45. The zero-order chi connectivity index (χ0) is 19.3. The van der Waals surface area contributed by atoms with Gasteiger partial charge in [-0.05, 0) is 47.9 Å². The molecular weight excluding hydrogens is 360 g/mol. The Labute approximate surface area is 159 Å². The van der Waals surface area contributed by atoms with Gasteiger partial charge in [0.15, 0.2) is 0 Å². The number of hydrogen-bond donors (Lipinski definition) is 2. The van der Waals surface area contributed by atoms with Crippen LogP contribution >= 0.6 is 0 Å². The van der Waals surface area contributed by atoms with Gasteiger partial charge in [-0.2, -0.15) is 0 Å². The van der Waals surface area contributed by atoms with Gasteiger partial charge in [-0.15, -0.1) is 0 Å². The Morgan fingerprint density at radius 2 is 1.74 bits per heavy atom. The van der Waals surface area contributed by atoms with Crippen LogP contribution in [0.25, 0.3) is 0 Å². The van der Waals surface area contributed by atoms with Crippen molar-refractivity contribution in [3.63, 3.8) is 0 Å². The monoisotopic (exact) mass is 382 g/mol. The zero-order valence-corrected chi connectivity index (χ0v) is 16.1. The molecule has 0 radical (unpaired) electrons. The molecule has 6 nitrogen and oxygen atoms in total. The van der Waals surface area contributed by atoms with E-state index in [4.69, 9.17) is 0 Å². The van der Waals surface area contributed by atoms with E-state index in [1.54, 1.807) is 30.5 Å². The second kappa shape index (κ2) is 8.18. The summed E-state index contributed by atoms with van der Waals surface area (Å²) in [5, 5.41) is 3.15. The maximum atomic E-state index is 12.5. The summed E-state index contributed by atoms with van der Waals surface area (Å²) in [6.45, 7) is 4.68. The first-order chi connectivity index (χ1) is 12.9. The van der Waals surface area contributed by atoms with Crippen LogP contribution in [0.3, 0.4) is 0 Å². The molecule has 0 amide bonds. The number of sulfonamides is 1. The predicted molar refractivity (Wildman–Crippen MR) is 107 cm³/mol. The molecule has 1 aromatic carbocycles. The topological polar surface area (TPSA) is 84.0 Å². The van der Waals surface area contributed by atoms with Gasteiger partial charge in [-0.1, -0.05) is 32.0 Å². The number of nitrogens with zero attached hydrogens (tertiary/aromatic N) is 2. The summed E-state index contributed by atoms with van der Waals surface area (Å²) in [7, 11) is -3.64. The summed E-state index contributed by atoms with van der Waals surface area (Å²) in [6, 6.07) is 16.0. The highest BCUT2D eigenvalue weighted by Crippen LogP contribution is 2.20. The molecule has 2 aromatic heterocycles. The predicted octanol–water partition coefficient (Wildman–Crippen LogP) is 4.01. The van der Waals surface area contributed by atoms with Gasteiger partial charge in [0.2, 0.25) is 0 Å². The van der Waals surface area contributed by atoms with E-state index in [1.807, 2.05) is 30.3 Å². The lowest BCUT2D eigenvalue weighted by molar-refractivity contribution is 0.601. The van der Waals surface area contributed by atoms with Crippen molar-refractivity contribution in [2.45, 2.75) is 31.2 Å². The van der Waals surface area contributed by atoms with Crippen LogP contribution in [0.4, 0.5) is 11.5 Å². The van der Waals surface area contributed by atoms with E-state index >= 15 is 0 Å². The Kier molecular flexibility index (Phi) is 5.71. The fourth-order valence-electron chi connectivity index (χ4n) is 2.49. The molecule has 0 bridgehead atoms. The van der Waals surface area contributed by atoms with Crippen molar-refractivity contribution in [3.8, 4) is 0 Å². The van der Waals surface area contributed by atoms with E-state index in [9.17, 15) is 8.42 Å². The van der Waals surface area contributed by atoms with Crippen molar-refractivity contribution >= 4 is 21.5 Å². The molecule has 3 aromatic rings. The van der Waals surface area contributed by atoms with Crippen molar-refractivity contribution in [2.24, 2.45) is 0 Å². The molecule has 0 atom stereocenters. The van der Waals surface area contributed by atoms with E-state index in [0.29, 0.717) is 24.0 Å². The average molecular weight is 382 g/mol. The second-order valence-electron chi connectivity index (χ2n) is 6.44. The Morgan fingerprint density at radius 3 is 2.33 bits per heavy atom. The van der Waals surface area contributed by atoms with Gasteiger partial charge in [-0.25, -0.2) is 13.4 Å². The van der Waals surface area contributed by atoms with Gasteiger partial charge in [0.25, 0.3) is 10.0 Å². The van der Waals surface area contributed by atoms with Gasteiger partial charge in [0, 0.05) is 6.20 Å². The van der Waals surface area contributed by atoms with Crippen LogP contribution in [-0.2, 0) is 16.6 Å². The summed E-state index contributed by atoms with van der Waals surface area (Å²) in [6.07, 6.45) is 3.22. The van der Waals surface area contributed by atoms with E-state index < -0.39 is 10.0 Å². The molecule has 0 aliphatic heterocycles. The fourth-order valence-corrected chi connectivity index (χ4v) is 3.53. The van der Waals surface area contributed by atoms with Crippen LogP contribution in [0.5, 0.6) is 0 Å². The number of aromatic nitrogens is 2. The van der Waals surface area contributed by atoms with Gasteiger partial charge in [-0.3, -0.25) is 9.71 Å². The van der Waals surface area contributed by atoms with Crippen LogP contribution in [0.2, 0.25) is 0 Å². The lowest BCUT2D eigenvalue weighted by atomic mass is 10.0. The lowest BCUT2D eigenvalue weighted by Gasteiger charge is -2.11. The van der Waals surface area contributed by atoms with Crippen LogP contribution < -0.4 is 10.0 Å².